The lowest BCUT2D eigenvalue weighted by Gasteiger charge is -2.39. The van der Waals surface area contributed by atoms with Crippen LogP contribution < -0.4 is 19.1 Å². The summed E-state index contributed by atoms with van der Waals surface area (Å²) in [7, 11) is 2.43. The smallest absolute Gasteiger partial charge is 0.397 e. The van der Waals surface area contributed by atoms with Crippen molar-refractivity contribution >= 4 is 33.2 Å². The molecule has 1 amide bonds. The Morgan fingerprint density at radius 1 is 1.10 bits per heavy atom. The highest BCUT2D eigenvalue weighted by atomic mass is 32.2. The SMILES string of the molecule is COc1ccc(SNC(=O)c2ccc(-n3ccc(OCC4(C(F)(F)F)CC4)n3)nc2N2CC[Si]CCC2(C)C)cc1. The zero-order chi connectivity index (χ0) is 29.3. The molecule has 5 rings (SSSR count). The summed E-state index contributed by atoms with van der Waals surface area (Å²) in [5, 5.41) is 4.33. The molecule has 13 heteroatoms. The average Bonchev–Trinajstić information content (AvgIpc) is 3.66. The van der Waals surface area contributed by atoms with Crippen molar-refractivity contribution in [2.75, 3.05) is 25.2 Å². The molecule has 3 aromatic rings. The number of nitrogens with one attached hydrogen (secondary N) is 1. The van der Waals surface area contributed by atoms with Gasteiger partial charge in [0.15, 0.2) is 5.82 Å². The largest absolute Gasteiger partial charge is 0.497 e. The quantitative estimate of drug-likeness (QED) is 0.239. The Balaban J connectivity index is 1.39. The first-order valence-electron chi connectivity index (χ1n) is 13.4. The molecule has 0 atom stereocenters. The second-order valence-electron chi connectivity index (χ2n) is 10.9. The van der Waals surface area contributed by atoms with Crippen LogP contribution in [-0.4, -0.2) is 62.2 Å². The first-order valence-corrected chi connectivity index (χ1v) is 15.6. The normalized spacial score (nSPS) is 18.0. The topological polar surface area (TPSA) is 81.5 Å². The number of hydrogen-bond acceptors (Lipinski definition) is 7. The summed E-state index contributed by atoms with van der Waals surface area (Å²) in [6.07, 6.45) is -1.61. The summed E-state index contributed by atoms with van der Waals surface area (Å²) in [6, 6.07) is 14.4. The number of aromatic nitrogens is 3. The summed E-state index contributed by atoms with van der Waals surface area (Å²) in [6.45, 7) is 4.60. The molecular weight excluding hydrogens is 571 g/mol. The van der Waals surface area contributed by atoms with Crippen LogP contribution >= 0.6 is 11.9 Å². The number of methoxy groups -OCH3 is 1. The number of amides is 1. The van der Waals surface area contributed by atoms with E-state index in [1.54, 1.807) is 25.4 Å². The number of carbonyl (C=O) groups excluding carboxylic acids is 1. The lowest BCUT2D eigenvalue weighted by atomic mass is 9.98. The van der Waals surface area contributed by atoms with Gasteiger partial charge in [-0.25, -0.2) is 9.67 Å². The molecule has 2 aromatic heterocycles. The fourth-order valence-corrected chi connectivity index (χ4v) is 6.69. The summed E-state index contributed by atoms with van der Waals surface area (Å²) in [4.78, 5) is 21.4. The van der Waals surface area contributed by atoms with E-state index >= 15 is 0 Å². The molecule has 1 saturated heterocycles. The van der Waals surface area contributed by atoms with Gasteiger partial charge in [-0.3, -0.25) is 9.52 Å². The molecule has 3 heterocycles. The number of nitrogens with zero attached hydrogens (tertiary/aromatic N) is 4. The second kappa shape index (κ2) is 11.6. The number of benzene rings is 1. The number of anilines is 1. The van der Waals surface area contributed by atoms with Crippen molar-refractivity contribution in [1.29, 1.82) is 0 Å². The standard InChI is InChI=1S/C28H32F3N5O3SSi/c1-26(2)13-16-41-17-15-35(26)24-21(25(37)34-40-20-6-4-19(38-3)5-7-20)8-9-22(32-24)36-14-10-23(33-36)39-18-27(11-12-27)28(29,30)31/h4-10,14H,11-13,15-18H2,1-3H3,(H,34,37). The van der Waals surface area contributed by atoms with Crippen LogP contribution in [0.1, 0.15) is 43.5 Å². The van der Waals surface area contributed by atoms with Crippen molar-refractivity contribution in [3.8, 4) is 17.4 Å². The van der Waals surface area contributed by atoms with Crippen LogP contribution in [0.5, 0.6) is 11.6 Å². The van der Waals surface area contributed by atoms with Crippen molar-refractivity contribution in [2.45, 2.75) is 61.8 Å². The second-order valence-corrected chi connectivity index (χ2v) is 13.3. The predicted molar refractivity (Wildman–Crippen MR) is 152 cm³/mol. The van der Waals surface area contributed by atoms with E-state index < -0.39 is 18.2 Å². The van der Waals surface area contributed by atoms with Crippen LogP contribution in [0.2, 0.25) is 12.1 Å². The molecule has 0 unspecified atom stereocenters. The Kier molecular flexibility index (Phi) is 8.28. The van der Waals surface area contributed by atoms with E-state index in [1.165, 1.54) is 22.7 Å². The van der Waals surface area contributed by atoms with Crippen LogP contribution in [0, 0.1) is 5.41 Å². The van der Waals surface area contributed by atoms with E-state index in [1.807, 2.05) is 24.3 Å². The van der Waals surface area contributed by atoms with Crippen molar-refractivity contribution in [3.05, 3.63) is 54.2 Å². The molecule has 0 bridgehead atoms. The zero-order valence-electron chi connectivity index (χ0n) is 23.1. The van der Waals surface area contributed by atoms with Crippen molar-refractivity contribution in [1.82, 2.24) is 19.5 Å². The van der Waals surface area contributed by atoms with Gasteiger partial charge in [0, 0.05) is 38.8 Å². The molecule has 1 aliphatic heterocycles. The molecule has 1 saturated carbocycles. The van der Waals surface area contributed by atoms with E-state index in [4.69, 9.17) is 14.5 Å². The zero-order valence-corrected chi connectivity index (χ0v) is 24.9. The predicted octanol–water partition coefficient (Wildman–Crippen LogP) is 5.96. The van der Waals surface area contributed by atoms with Crippen molar-refractivity contribution in [2.24, 2.45) is 5.41 Å². The third-order valence-electron chi connectivity index (χ3n) is 7.59. The monoisotopic (exact) mass is 603 g/mol. The molecule has 8 nitrogen and oxygen atoms in total. The number of alkyl halides is 3. The van der Waals surface area contributed by atoms with Gasteiger partial charge in [-0.05, 0) is 87.5 Å². The third-order valence-corrected chi connectivity index (χ3v) is 9.56. The number of rotatable bonds is 9. The molecule has 2 aliphatic rings. The summed E-state index contributed by atoms with van der Waals surface area (Å²) in [5.74, 6) is 1.52. The van der Waals surface area contributed by atoms with Crippen LogP contribution in [0.15, 0.2) is 53.6 Å². The lowest BCUT2D eigenvalue weighted by Crippen LogP contribution is -2.45. The van der Waals surface area contributed by atoms with E-state index in [-0.39, 0.29) is 30.2 Å². The van der Waals surface area contributed by atoms with Gasteiger partial charge in [-0.1, -0.05) is 6.04 Å². The van der Waals surface area contributed by atoms with Crippen LogP contribution in [-0.2, 0) is 0 Å². The lowest BCUT2D eigenvalue weighted by molar-refractivity contribution is -0.194. The van der Waals surface area contributed by atoms with Gasteiger partial charge in [-0.15, -0.1) is 5.10 Å². The first-order chi connectivity index (χ1) is 19.5. The van der Waals surface area contributed by atoms with E-state index in [2.05, 4.69) is 28.6 Å². The minimum atomic E-state index is -4.30. The highest BCUT2D eigenvalue weighted by Gasteiger charge is 2.64. The minimum Gasteiger partial charge on any atom is -0.497 e. The molecule has 0 spiro atoms. The van der Waals surface area contributed by atoms with Gasteiger partial charge in [0.2, 0.25) is 5.88 Å². The number of carbonyl (C=O) groups is 1. The maximum absolute atomic E-state index is 13.5. The van der Waals surface area contributed by atoms with Gasteiger partial charge >= 0.3 is 6.18 Å². The Morgan fingerprint density at radius 2 is 1.85 bits per heavy atom. The molecule has 1 aliphatic carbocycles. The van der Waals surface area contributed by atoms with E-state index in [9.17, 15) is 18.0 Å². The Hall–Kier alpha value is -3.19. The summed E-state index contributed by atoms with van der Waals surface area (Å²) in [5.41, 5.74) is -1.58. The van der Waals surface area contributed by atoms with E-state index in [0.717, 1.165) is 45.2 Å². The number of ether oxygens (including phenoxy) is 2. The number of hydrogen-bond donors (Lipinski definition) is 1. The highest BCUT2D eigenvalue weighted by molar-refractivity contribution is 7.98. The molecule has 41 heavy (non-hydrogen) atoms. The van der Waals surface area contributed by atoms with Crippen LogP contribution in [0.25, 0.3) is 5.82 Å². The summed E-state index contributed by atoms with van der Waals surface area (Å²) >= 11 is 1.21. The molecule has 1 N–H and O–H groups in total. The fourth-order valence-electron chi connectivity index (χ4n) is 4.68. The van der Waals surface area contributed by atoms with Gasteiger partial charge < -0.3 is 14.4 Å². The molecule has 218 valence electrons. The molecule has 1 aromatic carbocycles. The van der Waals surface area contributed by atoms with E-state index in [0.29, 0.717) is 17.2 Å². The van der Waals surface area contributed by atoms with Gasteiger partial charge in [0.05, 0.1) is 12.7 Å². The van der Waals surface area contributed by atoms with Gasteiger partial charge in [-0.2, -0.15) is 13.2 Å². The number of pyridine rings is 1. The molecule has 2 radical (unpaired) electrons. The maximum Gasteiger partial charge on any atom is 0.397 e. The minimum absolute atomic E-state index is 0.0641. The third kappa shape index (κ3) is 6.50. The van der Waals surface area contributed by atoms with Crippen LogP contribution in [0.4, 0.5) is 19.0 Å². The van der Waals surface area contributed by atoms with Crippen LogP contribution in [0.3, 0.4) is 0 Å². The first kappa shape index (κ1) is 29.3. The Labute approximate surface area is 243 Å². The average molecular weight is 604 g/mol. The van der Waals surface area contributed by atoms with Gasteiger partial charge in [0.25, 0.3) is 5.91 Å². The highest BCUT2D eigenvalue weighted by Crippen LogP contribution is 2.57. The Bertz CT molecular complexity index is 1380. The van der Waals surface area contributed by atoms with Crippen molar-refractivity contribution in [3.63, 3.8) is 0 Å². The fraction of sp³-hybridized carbons (Fsp3) is 0.464. The Morgan fingerprint density at radius 3 is 2.54 bits per heavy atom. The van der Waals surface area contributed by atoms with Gasteiger partial charge in [0.1, 0.15) is 23.6 Å². The maximum atomic E-state index is 13.5. The molecular formula is C28H32F3N5O3SSi. The number of halogens is 3. The van der Waals surface area contributed by atoms with Crippen molar-refractivity contribution < 1.29 is 27.4 Å². The summed E-state index contributed by atoms with van der Waals surface area (Å²) < 4.78 is 55.0. The molecule has 2 fully saturated rings.